The molecule has 0 spiro atoms. The van der Waals surface area contributed by atoms with Crippen LogP contribution in [0, 0.1) is 0 Å². The highest BCUT2D eigenvalue weighted by molar-refractivity contribution is 5.96. The first kappa shape index (κ1) is 14.8. The molecule has 0 saturated carbocycles. The van der Waals surface area contributed by atoms with Gasteiger partial charge < -0.3 is 21.5 Å². The molecule has 2 amide bonds. The van der Waals surface area contributed by atoms with Crippen LogP contribution in [-0.2, 0) is 4.79 Å². The SMILES string of the molecule is CCCCNC(=O)COc1cc(N)ccc1C(N)=O. The van der Waals surface area contributed by atoms with Crippen molar-refractivity contribution < 1.29 is 14.3 Å². The molecule has 1 rings (SSSR count). The van der Waals surface area contributed by atoms with Crippen LogP contribution < -0.4 is 21.5 Å². The fourth-order valence-corrected chi connectivity index (χ4v) is 1.46. The molecule has 1 aromatic rings. The molecule has 6 heteroatoms. The number of amides is 2. The zero-order chi connectivity index (χ0) is 14.3. The molecule has 0 aliphatic rings. The fraction of sp³-hybridized carbons (Fsp3) is 0.385. The van der Waals surface area contributed by atoms with Gasteiger partial charge in [-0.25, -0.2) is 0 Å². The molecule has 0 bridgehead atoms. The number of hydrogen-bond donors (Lipinski definition) is 3. The predicted molar refractivity (Wildman–Crippen MR) is 72.8 cm³/mol. The third-order valence-corrected chi connectivity index (χ3v) is 2.48. The van der Waals surface area contributed by atoms with Gasteiger partial charge in [0, 0.05) is 18.3 Å². The second kappa shape index (κ2) is 7.25. The largest absolute Gasteiger partial charge is 0.483 e. The molecule has 19 heavy (non-hydrogen) atoms. The molecular formula is C13H19N3O3. The quantitative estimate of drug-likeness (QED) is 0.497. The number of benzene rings is 1. The Kier molecular flexibility index (Phi) is 5.66. The molecule has 1 aromatic carbocycles. The fourth-order valence-electron chi connectivity index (χ4n) is 1.46. The number of nitrogens with one attached hydrogen (secondary N) is 1. The minimum absolute atomic E-state index is 0.173. The van der Waals surface area contributed by atoms with Crippen LogP contribution in [0.1, 0.15) is 30.1 Å². The summed E-state index contributed by atoms with van der Waals surface area (Å²) in [4.78, 5) is 22.7. The van der Waals surface area contributed by atoms with E-state index in [0.29, 0.717) is 12.2 Å². The highest BCUT2D eigenvalue weighted by Crippen LogP contribution is 2.21. The molecule has 0 aromatic heterocycles. The first-order chi connectivity index (χ1) is 9.04. The Morgan fingerprint density at radius 2 is 2.11 bits per heavy atom. The van der Waals surface area contributed by atoms with Gasteiger partial charge in [0.05, 0.1) is 5.56 Å². The molecule has 0 heterocycles. The lowest BCUT2D eigenvalue weighted by Gasteiger charge is -2.10. The maximum atomic E-state index is 11.5. The van der Waals surface area contributed by atoms with Gasteiger partial charge >= 0.3 is 0 Å². The molecule has 0 aliphatic heterocycles. The van der Waals surface area contributed by atoms with E-state index in [0.717, 1.165) is 12.8 Å². The van der Waals surface area contributed by atoms with E-state index in [1.54, 1.807) is 6.07 Å². The Morgan fingerprint density at radius 1 is 1.37 bits per heavy atom. The zero-order valence-corrected chi connectivity index (χ0v) is 10.9. The van der Waals surface area contributed by atoms with Gasteiger partial charge in [0.15, 0.2) is 6.61 Å². The summed E-state index contributed by atoms with van der Waals surface area (Å²) in [5, 5.41) is 2.71. The molecular weight excluding hydrogens is 246 g/mol. The van der Waals surface area contributed by atoms with E-state index < -0.39 is 5.91 Å². The van der Waals surface area contributed by atoms with Gasteiger partial charge in [-0.2, -0.15) is 0 Å². The monoisotopic (exact) mass is 265 g/mol. The summed E-state index contributed by atoms with van der Waals surface area (Å²) in [5.41, 5.74) is 11.4. The molecule has 0 aliphatic carbocycles. The van der Waals surface area contributed by atoms with E-state index in [1.165, 1.54) is 12.1 Å². The Balaban J connectivity index is 2.59. The molecule has 0 fully saturated rings. The van der Waals surface area contributed by atoms with Crippen LogP contribution in [0.4, 0.5) is 5.69 Å². The molecule has 6 nitrogen and oxygen atoms in total. The molecule has 0 saturated heterocycles. The van der Waals surface area contributed by atoms with E-state index >= 15 is 0 Å². The number of carbonyl (C=O) groups is 2. The predicted octanol–water partition coefficient (Wildman–Crippen LogP) is 0.663. The Hall–Kier alpha value is -2.24. The van der Waals surface area contributed by atoms with Gasteiger partial charge in [-0.3, -0.25) is 9.59 Å². The maximum absolute atomic E-state index is 11.5. The van der Waals surface area contributed by atoms with Crippen LogP contribution in [0.2, 0.25) is 0 Å². The zero-order valence-electron chi connectivity index (χ0n) is 10.9. The number of primary amides is 1. The van der Waals surface area contributed by atoms with Gasteiger partial charge in [-0.15, -0.1) is 0 Å². The van der Waals surface area contributed by atoms with Crippen molar-refractivity contribution in [3.05, 3.63) is 23.8 Å². The van der Waals surface area contributed by atoms with Crippen molar-refractivity contribution in [1.29, 1.82) is 0 Å². The third-order valence-electron chi connectivity index (χ3n) is 2.48. The van der Waals surface area contributed by atoms with Crippen molar-refractivity contribution in [3.8, 4) is 5.75 Å². The van der Waals surface area contributed by atoms with Crippen LogP contribution in [0.15, 0.2) is 18.2 Å². The first-order valence-corrected chi connectivity index (χ1v) is 6.13. The number of ether oxygens (including phenoxy) is 1. The van der Waals surface area contributed by atoms with Gasteiger partial charge in [-0.1, -0.05) is 13.3 Å². The minimum Gasteiger partial charge on any atom is -0.483 e. The normalized spacial score (nSPS) is 9.95. The van der Waals surface area contributed by atoms with Crippen molar-refractivity contribution in [1.82, 2.24) is 5.32 Å². The molecule has 5 N–H and O–H groups in total. The van der Waals surface area contributed by atoms with Gasteiger partial charge in [0.1, 0.15) is 5.75 Å². The molecule has 0 radical (unpaired) electrons. The van der Waals surface area contributed by atoms with E-state index in [4.69, 9.17) is 16.2 Å². The number of rotatable bonds is 7. The molecule has 104 valence electrons. The van der Waals surface area contributed by atoms with Gasteiger partial charge in [0.2, 0.25) is 0 Å². The van der Waals surface area contributed by atoms with Gasteiger partial charge in [-0.05, 0) is 18.6 Å². The van der Waals surface area contributed by atoms with E-state index in [9.17, 15) is 9.59 Å². The van der Waals surface area contributed by atoms with Gasteiger partial charge in [0.25, 0.3) is 11.8 Å². The Bertz CT molecular complexity index is 460. The number of anilines is 1. The van der Waals surface area contributed by atoms with Crippen molar-refractivity contribution in [2.45, 2.75) is 19.8 Å². The Labute approximate surface area is 112 Å². The summed E-state index contributed by atoms with van der Waals surface area (Å²) in [7, 11) is 0. The summed E-state index contributed by atoms with van der Waals surface area (Å²) in [6, 6.07) is 4.50. The lowest BCUT2D eigenvalue weighted by molar-refractivity contribution is -0.123. The average molecular weight is 265 g/mol. The van der Waals surface area contributed by atoms with E-state index in [1.807, 2.05) is 6.92 Å². The Morgan fingerprint density at radius 3 is 2.74 bits per heavy atom. The van der Waals surface area contributed by atoms with Crippen molar-refractivity contribution in [3.63, 3.8) is 0 Å². The van der Waals surface area contributed by atoms with Crippen LogP contribution in [0.25, 0.3) is 0 Å². The lowest BCUT2D eigenvalue weighted by atomic mass is 10.1. The summed E-state index contributed by atoms with van der Waals surface area (Å²) >= 11 is 0. The first-order valence-electron chi connectivity index (χ1n) is 6.13. The summed E-state index contributed by atoms with van der Waals surface area (Å²) < 4.78 is 5.28. The topological polar surface area (TPSA) is 107 Å². The van der Waals surface area contributed by atoms with Crippen LogP contribution in [-0.4, -0.2) is 25.0 Å². The smallest absolute Gasteiger partial charge is 0.257 e. The highest BCUT2D eigenvalue weighted by Gasteiger charge is 2.11. The van der Waals surface area contributed by atoms with E-state index in [-0.39, 0.29) is 23.8 Å². The summed E-state index contributed by atoms with van der Waals surface area (Å²) in [5.74, 6) is -0.647. The number of nitrogen functional groups attached to an aromatic ring is 1. The number of hydrogen-bond acceptors (Lipinski definition) is 4. The standard InChI is InChI=1S/C13H19N3O3/c1-2-3-6-16-12(17)8-19-11-7-9(14)4-5-10(11)13(15)18/h4-5,7H,2-3,6,8,14H2,1H3,(H2,15,18)(H,16,17). The minimum atomic E-state index is -0.624. The molecule has 0 unspecified atom stereocenters. The summed E-state index contributed by atoms with van der Waals surface area (Å²) in [6.45, 7) is 2.47. The van der Waals surface area contributed by atoms with E-state index in [2.05, 4.69) is 5.32 Å². The maximum Gasteiger partial charge on any atom is 0.257 e. The third kappa shape index (κ3) is 4.87. The van der Waals surface area contributed by atoms with Crippen LogP contribution in [0.3, 0.4) is 0 Å². The second-order valence-corrected chi connectivity index (χ2v) is 4.11. The van der Waals surface area contributed by atoms with Crippen molar-refractivity contribution >= 4 is 17.5 Å². The second-order valence-electron chi connectivity index (χ2n) is 4.11. The lowest BCUT2D eigenvalue weighted by Crippen LogP contribution is -2.30. The van der Waals surface area contributed by atoms with Crippen LogP contribution in [0.5, 0.6) is 5.75 Å². The number of carbonyl (C=O) groups excluding carboxylic acids is 2. The number of unbranched alkanes of at least 4 members (excludes halogenated alkanes) is 1. The highest BCUT2D eigenvalue weighted by atomic mass is 16.5. The average Bonchev–Trinajstić information content (AvgIpc) is 2.36. The number of nitrogens with two attached hydrogens (primary N) is 2. The van der Waals surface area contributed by atoms with Crippen molar-refractivity contribution in [2.24, 2.45) is 5.73 Å². The van der Waals surface area contributed by atoms with Crippen LogP contribution >= 0.6 is 0 Å². The molecule has 0 atom stereocenters. The summed E-state index contributed by atoms with van der Waals surface area (Å²) in [6.07, 6.45) is 1.92. The van der Waals surface area contributed by atoms with Crippen molar-refractivity contribution in [2.75, 3.05) is 18.9 Å².